The molecule has 5 heteroatoms. The molecule has 2 rings (SSSR count). The summed E-state index contributed by atoms with van der Waals surface area (Å²) in [5, 5.41) is 3.42. The second-order valence-corrected chi connectivity index (χ2v) is 5.35. The predicted octanol–water partition coefficient (Wildman–Crippen LogP) is 2.34. The summed E-state index contributed by atoms with van der Waals surface area (Å²) in [6.45, 7) is 6.44. The molecule has 4 nitrogen and oxygen atoms in total. The highest BCUT2D eigenvalue weighted by atomic mass is 35.5. The van der Waals surface area contributed by atoms with Gasteiger partial charge in [0.2, 0.25) is 0 Å². The molecule has 2 unspecified atom stereocenters. The minimum atomic E-state index is -0.342. The summed E-state index contributed by atoms with van der Waals surface area (Å²) in [5.74, 6) is -0.202. The van der Waals surface area contributed by atoms with Gasteiger partial charge in [-0.05, 0) is 33.3 Å². The number of hydrogen-bond donors (Lipinski definition) is 1. The van der Waals surface area contributed by atoms with Crippen LogP contribution in [0.4, 0.5) is 0 Å². The van der Waals surface area contributed by atoms with Crippen LogP contribution in [0.1, 0.15) is 36.3 Å². The molecule has 1 saturated heterocycles. The molecule has 98 valence electrons. The van der Waals surface area contributed by atoms with Crippen LogP contribution in [0.2, 0.25) is 5.02 Å². The molecule has 1 aromatic rings. The monoisotopic (exact) mass is 268 g/mol. The Kier molecular flexibility index (Phi) is 3.59. The molecular weight excluding hydrogens is 252 g/mol. The molecule has 1 fully saturated rings. The van der Waals surface area contributed by atoms with E-state index in [1.807, 2.05) is 20.8 Å². The Morgan fingerprint density at radius 1 is 1.67 bits per heavy atom. The fourth-order valence-corrected chi connectivity index (χ4v) is 2.31. The van der Waals surface area contributed by atoms with Gasteiger partial charge in [-0.15, -0.1) is 0 Å². The van der Waals surface area contributed by atoms with E-state index in [2.05, 4.69) is 10.3 Å². The Morgan fingerprint density at radius 2 is 2.39 bits per heavy atom. The number of nitrogens with one attached hydrogen (secondary N) is 1. The van der Waals surface area contributed by atoms with Gasteiger partial charge in [-0.1, -0.05) is 11.6 Å². The van der Waals surface area contributed by atoms with Crippen LogP contribution < -0.4 is 5.32 Å². The maximum absolute atomic E-state index is 12.2. The van der Waals surface area contributed by atoms with E-state index >= 15 is 0 Å². The highest BCUT2D eigenvalue weighted by molar-refractivity contribution is 6.33. The second kappa shape index (κ2) is 4.86. The summed E-state index contributed by atoms with van der Waals surface area (Å²) < 4.78 is 5.49. The molecule has 1 aliphatic rings. The van der Waals surface area contributed by atoms with E-state index in [0.717, 1.165) is 12.1 Å². The summed E-state index contributed by atoms with van der Waals surface area (Å²) in [6.07, 6.45) is 2.31. The van der Waals surface area contributed by atoms with E-state index in [-0.39, 0.29) is 17.6 Å². The smallest absolute Gasteiger partial charge is 0.254 e. The van der Waals surface area contributed by atoms with E-state index in [1.165, 1.54) is 6.20 Å². The molecule has 2 heterocycles. The van der Waals surface area contributed by atoms with Crippen LogP contribution in [0, 0.1) is 6.92 Å². The van der Waals surface area contributed by atoms with E-state index in [9.17, 15) is 4.79 Å². The lowest BCUT2D eigenvalue weighted by molar-refractivity contribution is 0.0727. The van der Waals surface area contributed by atoms with E-state index in [0.29, 0.717) is 17.2 Å². The van der Waals surface area contributed by atoms with Gasteiger partial charge >= 0.3 is 0 Å². The molecule has 0 spiro atoms. The maximum Gasteiger partial charge on any atom is 0.254 e. The summed E-state index contributed by atoms with van der Waals surface area (Å²) in [5.41, 5.74) is 0.855. The fourth-order valence-electron chi connectivity index (χ4n) is 2.02. The van der Waals surface area contributed by atoms with Crippen molar-refractivity contribution in [3.63, 3.8) is 0 Å². The number of aromatic nitrogens is 1. The Hall–Kier alpha value is -1.13. The van der Waals surface area contributed by atoms with Crippen LogP contribution in [-0.2, 0) is 4.74 Å². The van der Waals surface area contributed by atoms with Crippen molar-refractivity contribution < 1.29 is 9.53 Å². The fraction of sp³-hybridized carbons (Fsp3) is 0.538. The average molecular weight is 269 g/mol. The third kappa shape index (κ3) is 2.49. The number of amides is 1. The summed E-state index contributed by atoms with van der Waals surface area (Å²) >= 11 is 6.06. The quantitative estimate of drug-likeness (QED) is 0.896. The predicted molar refractivity (Wildman–Crippen MR) is 69.9 cm³/mol. The lowest BCUT2D eigenvalue weighted by Gasteiger charge is -2.29. The Labute approximate surface area is 112 Å². The first-order valence-corrected chi connectivity index (χ1v) is 6.36. The van der Waals surface area contributed by atoms with Gasteiger partial charge < -0.3 is 10.1 Å². The van der Waals surface area contributed by atoms with E-state index < -0.39 is 0 Å². The molecule has 1 aromatic heterocycles. The van der Waals surface area contributed by atoms with Crippen molar-refractivity contribution in [1.29, 1.82) is 0 Å². The Morgan fingerprint density at radius 3 is 2.94 bits per heavy atom. The van der Waals surface area contributed by atoms with Crippen molar-refractivity contribution in [1.82, 2.24) is 10.3 Å². The van der Waals surface area contributed by atoms with Crippen LogP contribution in [0.15, 0.2) is 12.3 Å². The van der Waals surface area contributed by atoms with Gasteiger partial charge in [-0.25, -0.2) is 0 Å². The number of hydrogen-bond acceptors (Lipinski definition) is 3. The minimum Gasteiger partial charge on any atom is -0.376 e. The van der Waals surface area contributed by atoms with Crippen LogP contribution in [0.3, 0.4) is 0 Å². The summed E-state index contributed by atoms with van der Waals surface area (Å²) in [6, 6.07) is 1.69. The number of aryl methyl sites for hydroxylation is 1. The molecule has 1 N–H and O–H groups in total. The lowest BCUT2D eigenvalue weighted by atomic mass is 9.94. The summed E-state index contributed by atoms with van der Waals surface area (Å²) in [7, 11) is 0. The Balaban J connectivity index is 2.17. The molecular formula is C13H17ClN2O2. The third-order valence-corrected chi connectivity index (χ3v) is 3.83. The van der Waals surface area contributed by atoms with Crippen molar-refractivity contribution in [2.75, 3.05) is 6.61 Å². The zero-order valence-electron chi connectivity index (χ0n) is 10.8. The molecule has 1 amide bonds. The van der Waals surface area contributed by atoms with E-state index in [4.69, 9.17) is 16.3 Å². The molecule has 0 radical (unpaired) electrons. The molecule has 2 atom stereocenters. The Bertz CT molecular complexity index is 478. The molecule has 0 bridgehead atoms. The zero-order valence-corrected chi connectivity index (χ0v) is 11.5. The SMILES string of the molecule is Cc1cc(Cl)c(C(=O)NC2(C)CCOC2C)cn1. The van der Waals surface area contributed by atoms with Crippen molar-refractivity contribution >= 4 is 17.5 Å². The largest absolute Gasteiger partial charge is 0.376 e. The molecule has 0 aliphatic carbocycles. The van der Waals surface area contributed by atoms with Gasteiger partial charge in [0, 0.05) is 18.5 Å². The van der Waals surface area contributed by atoms with Gasteiger partial charge in [0.1, 0.15) is 0 Å². The normalized spacial score (nSPS) is 27.2. The number of halogens is 1. The van der Waals surface area contributed by atoms with Crippen LogP contribution in [-0.4, -0.2) is 29.1 Å². The summed E-state index contributed by atoms with van der Waals surface area (Å²) in [4.78, 5) is 16.3. The molecule has 0 aromatic carbocycles. The van der Waals surface area contributed by atoms with Gasteiger partial charge in [0.15, 0.2) is 0 Å². The van der Waals surface area contributed by atoms with Gasteiger partial charge in [-0.3, -0.25) is 9.78 Å². The lowest BCUT2D eigenvalue weighted by Crippen LogP contribution is -2.50. The van der Waals surface area contributed by atoms with Crippen LogP contribution in [0.25, 0.3) is 0 Å². The van der Waals surface area contributed by atoms with Gasteiger partial charge in [0.25, 0.3) is 5.91 Å². The minimum absolute atomic E-state index is 0.00127. The first kappa shape index (κ1) is 13.3. The van der Waals surface area contributed by atoms with Crippen molar-refractivity contribution in [3.8, 4) is 0 Å². The van der Waals surface area contributed by atoms with Crippen molar-refractivity contribution in [2.45, 2.75) is 38.8 Å². The highest BCUT2D eigenvalue weighted by Crippen LogP contribution is 2.26. The number of rotatable bonds is 2. The average Bonchev–Trinajstić information content (AvgIpc) is 2.58. The van der Waals surface area contributed by atoms with Gasteiger partial charge in [-0.2, -0.15) is 0 Å². The number of carbonyl (C=O) groups excluding carboxylic acids is 1. The van der Waals surface area contributed by atoms with Crippen LogP contribution >= 0.6 is 11.6 Å². The van der Waals surface area contributed by atoms with Crippen LogP contribution in [0.5, 0.6) is 0 Å². The standard InChI is InChI=1S/C13H17ClN2O2/c1-8-6-11(14)10(7-15-8)12(17)16-13(3)4-5-18-9(13)2/h6-7,9H,4-5H2,1-3H3,(H,16,17). The highest BCUT2D eigenvalue weighted by Gasteiger charge is 2.38. The first-order chi connectivity index (χ1) is 8.42. The second-order valence-electron chi connectivity index (χ2n) is 4.94. The van der Waals surface area contributed by atoms with Gasteiger partial charge in [0.05, 0.1) is 22.2 Å². The topological polar surface area (TPSA) is 51.2 Å². The molecule has 18 heavy (non-hydrogen) atoms. The molecule has 0 saturated carbocycles. The first-order valence-electron chi connectivity index (χ1n) is 5.98. The number of nitrogens with zero attached hydrogens (tertiary/aromatic N) is 1. The third-order valence-electron chi connectivity index (χ3n) is 3.52. The maximum atomic E-state index is 12.2. The number of pyridine rings is 1. The molecule has 1 aliphatic heterocycles. The number of carbonyl (C=O) groups is 1. The van der Waals surface area contributed by atoms with Crippen molar-refractivity contribution in [2.24, 2.45) is 0 Å². The van der Waals surface area contributed by atoms with E-state index in [1.54, 1.807) is 6.07 Å². The van der Waals surface area contributed by atoms with Crippen molar-refractivity contribution in [3.05, 3.63) is 28.5 Å². The zero-order chi connectivity index (χ0) is 13.3. The number of ether oxygens (including phenoxy) is 1.